The van der Waals surface area contributed by atoms with Crippen LogP contribution in [0.2, 0.25) is 0 Å². The van der Waals surface area contributed by atoms with E-state index in [0.29, 0.717) is 38.5 Å². The second kappa shape index (κ2) is 8.66. The highest BCUT2D eigenvalue weighted by molar-refractivity contribution is 7.89. The van der Waals surface area contributed by atoms with Crippen LogP contribution in [0.25, 0.3) is 0 Å². The normalized spacial score (nSPS) is 16.8. The number of furan rings is 1. The van der Waals surface area contributed by atoms with Gasteiger partial charge in [0.15, 0.2) is 12.3 Å². The van der Waals surface area contributed by atoms with Gasteiger partial charge in [-0.25, -0.2) is 8.42 Å². The standard InChI is InChI=1S/C18H23N3O5S/c1-20(13-16-3-2-10-26-16)14-18(22)19-15-4-6-17(7-5-15)27(23,24)21-8-11-25-12-9-21/h2-7,10H,8-9,11-14H2,1H3,(H,19,22)/p+1. The highest BCUT2D eigenvalue weighted by atomic mass is 32.2. The van der Waals surface area contributed by atoms with Crippen molar-refractivity contribution in [1.29, 1.82) is 0 Å². The van der Waals surface area contributed by atoms with Crippen LogP contribution < -0.4 is 10.2 Å². The van der Waals surface area contributed by atoms with E-state index in [0.717, 1.165) is 10.7 Å². The predicted molar refractivity (Wildman–Crippen MR) is 98.8 cm³/mol. The number of sulfonamides is 1. The molecule has 1 atom stereocenters. The summed E-state index contributed by atoms with van der Waals surface area (Å²) in [5, 5.41) is 2.79. The molecular formula is C18H24N3O5S+. The number of carbonyl (C=O) groups excluding carboxylic acids is 1. The number of nitrogens with one attached hydrogen (secondary N) is 2. The number of anilines is 1. The number of morpholine rings is 1. The predicted octanol–water partition coefficient (Wildman–Crippen LogP) is -0.0461. The lowest BCUT2D eigenvalue weighted by Crippen LogP contribution is -3.08. The molecule has 1 aromatic carbocycles. The molecule has 0 saturated carbocycles. The Morgan fingerprint density at radius 1 is 1.19 bits per heavy atom. The van der Waals surface area contributed by atoms with Crippen LogP contribution in [0.15, 0.2) is 52.0 Å². The number of amides is 1. The molecule has 2 heterocycles. The van der Waals surface area contributed by atoms with Gasteiger partial charge in [0, 0.05) is 18.8 Å². The smallest absolute Gasteiger partial charge is 0.279 e. The molecule has 1 amide bonds. The zero-order chi connectivity index (χ0) is 19.3. The number of carbonyl (C=O) groups is 1. The second-order valence-electron chi connectivity index (χ2n) is 6.48. The third kappa shape index (κ3) is 5.16. The third-order valence-corrected chi connectivity index (χ3v) is 6.18. The number of benzene rings is 1. The Balaban J connectivity index is 1.56. The zero-order valence-electron chi connectivity index (χ0n) is 15.2. The summed E-state index contributed by atoms with van der Waals surface area (Å²) in [5.74, 6) is 0.667. The Bertz CT molecular complexity index is 844. The zero-order valence-corrected chi connectivity index (χ0v) is 16.0. The molecule has 146 valence electrons. The second-order valence-corrected chi connectivity index (χ2v) is 8.42. The molecule has 8 nitrogen and oxygen atoms in total. The van der Waals surface area contributed by atoms with Gasteiger partial charge < -0.3 is 19.4 Å². The number of quaternary nitrogens is 1. The van der Waals surface area contributed by atoms with E-state index in [-0.39, 0.29) is 17.3 Å². The molecule has 2 aromatic rings. The maximum absolute atomic E-state index is 12.6. The Morgan fingerprint density at radius 2 is 1.89 bits per heavy atom. The fourth-order valence-corrected chi connectivity index (χ4v) is 4.31. The lowest BCUT2D eigenvalue weighted by atomic mass is 10.3. The van der Waals surface area contributed by atoms with Gasteiger partial charge in [0.1, 0.15) is 6.54 Å². The largest absolute Gasteiger partial charge is 0.463 e. The lowest BCUT2D eigenvalue weighted by molar-refractivity contribution is -0.886. The van der Waals surface area contributed by atoms with Crippen molar-refractivity contribution in [2.45, 2.75) is 11.4 Å². The molecule has 1 fully saturated rings. The number of hydrogen-bond acceptors (Lipinski definition) is 5. The van der Waals surface area contributed by atoms with Crippen LogP contribution in [0.5, 0.6) is 0 Å². The number of ether oxygens (including phenoxy) is 1. The van der Waals surface area contributed by atoms with Crippen molar-refractivity contribution >= 4 is 21.6 Å². The van der Waals surface area contributed by atoms with Crippen molar-refractivity contribution < 1.29 is 27.3 Å². The van der Waals surface area contributed by atoms with Crippen molar-refractivity contribution in [3.8, 4) is 0 Å². The van der Waals surface area contributed by atoms with Crippen LogP contribution in [0.1, 0.15) is 5.76 Å². The molecule has 0 radical (unpaired) electrons. The van der Waals surface area contributed by atoms with Crippen molar-refractivity contribution in [2.24, 2.45) is 0 Å². The van der Waals surface area contributed by atoms with E-state index in [1.165, 1.54) is 16.4 Å². The van der Waals surface area contributed by atoms with Gasteiger partial charge in [-0.3, -0.25) is 4.79 Å². The fourth-order valence-electron chi connectivity index (χ4n) is 2.90. The summed E-state index contributed by atoms with van der Waals surface area (Å²) in [6.45, 7) is 2.39. The highest BCUT2D eigenvalue weighted by Gasteiger charge is 2.26. The summed E-state index contributed by atoms with van der Waals surface area (Å²) >= 11 is 0. The van der Waals surface area contributed by atoms with E-state index < -0.39 is 10.0 Å². The van der Waals surface area contributed by atoms with Crippen LogP contribution in [-0.2, 0) is 26.1 Å². The molecule has 1 unspecified atom stereocenters. The first-order valence-corrected chi connectivity index (χ1v) is 10.2. The summed E-state index contributed by atoms with van der Waals surface area (Å²) in [6.07, 6.45) is 1.61. The SMILES string of the molecule is C[NH+](CC(=O)Nc1ccc(S(=O)(=O)N2CCOCC2)cc1)Cc1ccco1. The molecule has 0 aliphatic carbocycles. The van der Waals surface area contributed by atoms with Gasteiger partial charge in [0.05, 0.1) is 31.4 Å². The number of rotatable bonds is 7. The summed E-state index contributed by atoms with van der Waals surface area (Å²) in [5.41, 5.74) is 0.562. The van der Waals surface area contributed by atoms with Crippen LogP contribution in [0.3, 0.4) is 0 Å². The average Bonchev–Trinajstić information content (AvgIpc) is 3.15. The van der Waals surface area contributed by atoms with Crippen LogP contribution >= 0.6 is 0 Å². The van der Waals surface area contributed by atoms with Gasteiger partial charge in [-0.2, -0.15) is 4.31 Å². The van der Waals surface area contributed by atoms with E-state index in [4.69, 9.17) is 9.15 Å². The first-order chi connectivity index (χ1) is 12.9. The molecule has 0 spiro atoms. The minimum absolute atomic E-state index is 0.150. The Hall–Kier alpha value is -2.20. The van der Waals surface area contributed by atoms with E-state index in [2.05, 4.69) is 5.32 Å². The minimum atomic E-state index is -3.53. The van der Waals surface area contributed by atoms with Crippen molar-refractivity contribution in [3.05, 3.63) is 48.4 Å². The quantitative estimate of drug-likeness (QED) is 0.687. The van der Waals surface area contributed by atoms with Crippen LogP contribution in [-0.4, -0.2) is 58.5 Å². The number of likely N-dealkylation sites (N-methyl/N-ethyl adjacent to an activating group) is 1. The maximum atomic E-state index is 12.6. The molecule has 1 aliphatic heterocycles. The third-order valence-electron chi connectivity index (χ3n) is 4.26. The molecule has 2 N–H and O–H groups in total. The van der Waals surface area contributed by atoms with Crippen molar-refractivity contribution in [3.63, 3.8) is 0 Å². The average molecular weight is 394 g/mol. The van der Waals surface area contributed by atoms with E-state index >= 15 is 0 Å². The molecule has 0 bridgehead atoms. The van der Waals surface area contributed by atoms with E-state index in [9.17, 15) is 13.2 Å². The number of hydrogen-bond donors (Lipinski definition) is 2. The van der Waals surface area contributed by atoms with Gasteiger partial charge in [-0.05, 0) is 36.4 Å². The summed E-state index contributed by atoms with van der Waals surface area (Å²) in [4.78, 5) is 13.4. The van der Waals surface area contributed by atoms with Crippen molar-refractivity contribution in [1.82, 2.24) is 4.31 Å². The van der Waals surface area contributed by atoms with Crippen molar-refractivity contribution in [2.75, 3.05) is 45.2 Å². The van der Waals surface area contributed by atoms with Gasteiger partial charge in [-0.15, -0.1) is 0 Å². The molecule has 9 heteroatoms. The van der Waals surface area contributed by atoms with E-state index in [1.807, 2.05) is 19.2 Å². The van der Waals surface area contributed by atoms with Gasteiger partial charge in [0.25, 0.3) is 5.91 Å². The van der Waals surface area contributed by atoms with E-state index in [1.54, 1.807) is 18.4 Å². The Morgan fingerprint density at radius 3 is 2.52 bits per heavy atom. The Labute approximate surface area is 158 Å². The molecular weight excluding hydrogens is 370 g/mol. The minimum Gasteiger partial charge on any atom is -0.463 e. The fraction of sp³-hybridized carbons (Fsp3) is 0.389. The molecule has 1 aromatic heterocycles. The maximum Gasteiger partial charge on any atom is 0.279 e. The van der Waals surface area contributed by atoms with Gasteiger partial charge in [0.2, 0.25) is 10.0 Å². The highest BCUT2D eigenvalue weighted by Crippen LogP contribution is 2.19. The summed E-state index contributed by atoms with van der Waals surface area (Å²) in [7, 11) is -1.63. The molecule has 1 saturated heterocycles. The van der Waals surface area contributed by atoms with Crippen LogP contribution in [0.4, 0.5) is 5.69 Å². The number of nitrogens with zero attached hydrogens (tertiary/aromatic N) is 1. The molecule has 1 aliphatic rings. The topological polar surface area (TPSA) is 93.3 Å². The van der Waals surface area contributed by atoms with Gasteiger partial charge >= 0.3 is 0 Å². The first-order valence-electron chi connectivity index (χ1n) is 8.76. The summed E-state index contributed by atoms with van der Waals surface area (Å²) < 4.78 is 37.1. The summed E-state index contributed by atoms with van der Waals surface area (Å²) in [6, 6.07) is 9.92. The molecule has 3 rings (SSSR count). The first kappa shape index (κ1) is 19.6. The van der Waals surface area contributed by atoms with Gasteiger partial charge in [-0.1, -0.05) is 0 Å². The lowest BCUT2D eigenvalue weighted by Gasteiger charge is -2.26. The molecule has 27 heavy (non-hydrogen) atoms. The monoisotopic (exact) mass is 394 g/mol. The Kier molecular flexibility index (Phi) is 6.27. The van der Waals surface area contributed by atoms with Crippen LogP contribution in [0, 0.1) is 0 Å².